The zero-order valence-corrected chi connectivity index (χ0v) is 18.6. The first-order chi connectivity index (χ1) is 14.5. The maximum atomic E-state index is 12.3. The molecule has 0 atom stereocenters. The number of terminal acetylenes is 1. The Balaban J connectivity index is -0.000000475. The van der Waals surface area contributed by atoms with Gasteiger partial charge in [-0.25, -0.2) is 0 Å². The van der Waals surface area contributed by atoms with Crippen molar-refractivity contribution in [2.45, 2.75) is 13.8 Å². The number of carbonyl (C=O) groups is 2. The van der Waals surface area contributed by atoms with Crippen LogP contribution in [-0.2, 0) is 9.59 Å². The molecule has 1 aromatic heterocycles. The first-order valence-corrected chi connectivity index (χ1v) is 8.95. The number of pyridine rings is 1. The van der Waals surface area contributed by atoms with Gasteiger partial charge in [0.2, 0.25) is 0 Å². The standard InChI is InChI=1S/C14H12N2O.C3H9N.C2H7N.C2H2.2CH2O/c1-9-6-7-13-11(8-9)14(17)10-4-2-3-5-12(10)16(13)15;1-3-4-2;1-3-2;3*1-2/h2-8H,15H2,1H3;4H,3H2,1-2H3;3H,1-2H3;1-2H;2*1H2. The second kappa shape index (κ2) is 20.3. The Bertz CT molecular complexity index is 917. The van der Waals surface area contributed by atoms with Gasteiger partial charge in [-0.05, 0) is 58.9 Å². The van der Waals surface area contributed by atoms with E-state index >= 15 is 0 Å². The Morgan fingerprint density at radius 1 is 0.933 bits per heavy atom. The minimum absolute atomic E-state index is 0.0426. The average molecular weight is 415 g/mol. The van der Waals surface area contributed by atoms with E-state index in [0.717, 1.165) is 23.1 Å². The van der Waals surface area contributed by atoms with Gasteiger partial charge in [0.1, 0.15) is 13.6 Å². The van der Waals surface area contributed by atoms with Gasteiger partial charge in [-0.15, -0.1) is 12.8 Å². The van der Waals surface area contributed by atoms with Crippen LogP contribution in [-0.4, -0.2) is 45.9 Å². The fourth-order valence-corrected chi connectivity index (χ4v) is 2.19. The summed E-state index contributed by atoms with van der Waals surface area (Å²) in [6, 6.07) is 13.1. The summed E-state index contributed by atoms with van der Waals surface area (Å²) in [5.41, 5.74) is 2.62. The van der Waals surface area contributed by atoms with E-state index in [1.54, 1.807) is 4.68 Å². The molecule has 0 aliphatic carbocycles. The van der Waals surface area contributed by atoms with Crippen molar-refractivity contribution in [2.75, 3.05) is 33.5 Å². The van der Waals surface area contributed by atoms with Crippen LogP contribution < -0.4 is 21.9 Å². The van der Waals surface area contributed by atoms with Crippen molar-refractivity contribution < 1.29 is 9.59 Å². The molecule has 2 aromatic carbocycles. The van der Waals surface area contributed by atoms with Crippen molar-refractivity contribution in [1.82, 2.24) is 15.3 Å². The summed E-state index contributed by atoms with van der Waals surface area (Å²) in [6.45, 7) is 9.11. The van der Waals surface area contributed by atoms with Gasteiger partial charge in [0.15, 0.2) is 5.43 Å². The van der Waals surface area contributed by atoms with Crippen molar-refractivity contribution in [3.05, 3.63) is 58.3 Å². The van der Waals surface area contributed by atoms with E-state index in [1.807, 2.05) is 84.1 Å². The number of nitrogen functional groups attached to an aromatic ring is 1. The zero-order valence-electron chi connectivity index (χ0n) is 18.6. The molecule has 7 nitrogen and oxygen atoms in total. The maximum Gasteiger partial charge on any atom is 0.197 e. The SMILES string of the molecule is C#C.C=O.C=O.CCNC.CNC.Cc1ccc2c(c1)c(=O)c1ccccc1n2N. The molecule has 1 heterocycles. The Labute approximate surface area is 179 Å². The molecule has 0 amide bonds. The molecule has 4 N–H and O–H groups in total. The highest BCUT2D eigenvalue weighted by molar-refractivity contribution is 5.93. The predicted molar refractivity (Wildman–Crippen MR) is 129 cm³/mol. The number of nitrogens with one attached hydrogen (secondary N) is 2. The topological polar surface area (TPSA) is 106 Å². The number of benzene rings is 2. The molecule has 0 bridgehead atoms. The third-order valence-corrected chi connectivity index (χ3v) is 3.42. The third-order valence-electron chi connectivity index (χ3n) is 3.42. The molecule has 164 valence electrons. The molecule has 0 aliphatic rings. The number of para-hydroxylation sites is 1. The molecule has 0 spiro atoms. The monoisotopic (exact) mass is 414 g/mol. The summed E-state index contributed by atoms with van der Waals surface area (Å²) in [6.07, 6.45) is 8.00. The van der Waals surface area contributed by atoms with Gasteiger partial charge in [-0.1, -0.05) is 30.7 Å². The second-order valence-electron chi connectivity index (χ2n) is 5.44. The highest BCUT2D eigenvalue weighted by atomic mass is 16.1. The largest absolute Gasteiger partial charge is 0.339 e. The van der Waals surface area contributed by atoms with E-state index in [0.29, 0.717) is 10.8 Å². The molecule has 0 saturated carbocycles. The Morgan fingerprint density at radius 3 is 1.83 bits per heavy atom. The average Bonchev–Trinajstić information content (AvgIpc) is 2.82. The fraction of sp³-hybridized carbons (Fsp3) is 0.261. The first-order valence-electron chi connectivity index (χ1n) is 8.95. The van der Waals surface area contributed by atoms with Gasteiger partial charge in [0.25, 0.3) is 0 Å². The van der Waals surface area contributed by atoms with Gasteiger partial charge in [-0.2, -0.15) is 0 Å². The number of aromatic nitrogens is 1. The molecule has 0 fully saturated rings. The summed E-state index contributed by atoms with van der Waals surface area (Å²) in [7, 11) is 5.68. The molecule has 0 saturated heterocycles. The van der Waals surface area contributed by atoms with E-state index in [-0.39, 0.29) is 5.43 Å². The van der Waals surface area contributed by atoms with Crippen LogP contribution in [0.3, 0.4) is 0 Å². The quantitative estimate of drug-likeness (QED) is 0.320. The minimum Gasteiger partial charge on any atom is -0.339 e. The van der Waals surface area contributed by atoms with Crippen LogP contribution in [0.1, 0.15) is 12.5 Å². The van der Waals surface area contributed by atoms with Crippen LogP contribution in [0.2, 0.25) is 0 Å². The molecule has 3 rings (SSSR count). The number of hydrogen-bond donors (Lipinski definition) is 3. The van der Waals surface area contributed by atoms with E-state index < -0.39 is 0 Å². The number of nitrogens with two attached hydrogens (primary N) is 1. The van der Waals surface area contributed by atoms with Crippen molar-refractivity contribution in [1.29, 1.82) is 0 Å². The van der Waals surface area contributed by atoms with Gasteiger partial charge in [0, 0.05) is 10.8 Å². The number of hydrogen-bond acceptors (Lipinski definition) is 6. The fourth-order valence-electron chi connectivity index (χ4n) is 2.19. The van der Waals surface area contributed by atoms with E-state index in [9.17, 15) is 4.79 Å². The maximum absolute atomic E-state index is 12.3. The normalized spacial score (nSPS) is 8.23. The van der Waals surface area contributed by atoms with Gasteiger partial charge in [0.05, 0.1) is 11.0 Å². The molecular formula is C23H34N4O3. The first kappa shape index (κ1) is 31.2. The number of rotatable bonds is 1. The molecule has 7 heteroatoms. The Morgan fingerprint density at radius 2 is 1.37 bits per heavy atom. The summed E-state index contributed by atoms with van der Waals surface area (Å²) >= 11 is 0. The van der Waals surface area contributed by atoms with Crippen LogP contribution >= 0.6 is 0 Å². The van der Waals surface area contributed by atoms with E-state index in [4.69, 9.17) is 15.4 Å². The number of fused-ring (bicyclic) bond motifs is 2. The predicted octanol–water partition coefficient (Wildman–Crippen LogP) is 2.12. The Kier molecular flexibility index (Phi) is 21.1. The molecule has 0 aliphatic heterocycles. The molecule has 3 aromatic rings. The zero-order chi connectivity index (χ0) is 24.1. The lowest BCUT2D eigenvalue weighted by Gasteiger charge is -2.10. The van der Waals surface area contributed by atoms with Gasteiger partial charge < -0.3 is 26.1 Å². The van der Waals surface area contributed by atoms with Crippen LogP contribution in [0.4, 0.5) is 0 Å². The van der Waals surface area contributed by atoms with Crippen molar-refractivity contribution >= 4 is 35.4 Å². The summed E-state index contributed by atoms with van der Waals surface area (Å²) in [5, 5.41) is 7.01. The second-order valence-corrected chi connectivity index (χ2v) is 5.44. The van der Waals surface area contributed by atoms with E-state index in [1.165, 1.54) is 0 Å². The Hall–Kier alpha value is -3.47. The smallest absolute Gasteiger partial charge is 0.197 e. The molecule has 0 unspecified atom stereocenters. The lowest BCUT2D eigenvalue weighted by molar-refractivity contribution is -0.0987. The van der Waals surface area contributed by atoms with Crippen molar-refractivity contribution in [3.8, 4) is 12.8 Å². The van der Waals surface area contributed by atoms with Crippen LogP contribution in [0, 0.1) is 19.8 Å². The number of nitrogens with zero attached hydrogens (tertiary/aromatic N) is 1. The van der Waals surface area contributed by atoms with Crippen LogP contribution in [0.25, 0.3) is 21.8 Å². The number of carbonyl (C=O) groups excluding carboxylic acids is 2. The third kappa shape index (κ3) is 9.64. The minimum atomic E-state index is 0.0426. The van der Waals surface area contributed by atoms with Crippen LogP contribution in [0.5, 0.6) is 0 Å². The van der Waals surface area contributed by atoms with Crippen LogP contribution in [0.15, 0.2) is 47.3 Å². The molecule has 30 heavy (non-hydrogen) atoms. The molecule has 0 radical (unpaired) electrons. The highest BCUT2D eigenvalue weighted by Gasteiger charge is 2.08. The summed E-state index contributed by atoms with van der Waals surface area (Å²) < 4.78 is 1.57. The summed E-state index contributed by atoms with van der Waals surface area (Å²) in [5.74, 6) is 6.05. The lowest BCUT2D eigenvalue weighted by atomic mass is 10.1. The summed E-state index contributed by atoms with van der Waals surface area (Å²) in [4.78, 5) is 28.3. The molecular weight excluding hydrogens is 380 g/mol. The number of aryl methyl sites for hydroxylation is 1. The van der Waals surface area contributed by atoms with Crippen molar-refractivity contribution in [3.63, 3.8) is 0 Å². The van der Waals surface area contributed by atoms with E-state index in [2.05, 4.69) is 30.4 Å². The lowest BCUT2D eigenvalue weighted by Crippen LogP contribution is -2.17. The highest BCUT2D eigenvalue weighted by Crippen LogP contribution is 2.17. The van der Waals surface area contributed by atoms with Gasteiger partial charge >= 0.3 is 0 Å². The van der Waals surface area contributed by atoms with Gasteiger partial charge in [-0.3, -0.25) is 9.47 Å². The van der Waals surface area contributed by atoms with Crippen molar-refractivity contribution in [2.24, 2.45) is 0 Å².